The lowest BCUT2D eigenvalue weighted by Crippen LogP contribution is -2.45. The van der Waals surface area contributed by atoms with E-state index in [1.54, 1.807) is 24.3 Å². The molecule has 0 unspecified atom stereocenters. The smallest absolute Gasteiger partial charge is 0.319 e. The van der Waals surface area contributed by atoms with Gasteiger partial charge in [-0.15, -0.1) is 12.3 Å². The number of terminal acetylenes is 1. The van der Waals surface area contributed by atoms with E-state index in [1.807, 2.05) is 6.07 Å². The van der Waals surface area contributed by atoms with E-state index in [0.717, 1.165) is 0 Å². The number of hydrogen-bond donors (Lipinski definition) is 3. The number of hydrogen-bond acceptors (Lipinski definition) is 3. The molecule has 0 aliphatic heterocycles. The lowest BCUT2D eigenvalue weighted by Gasteiger charge is -2.13. The highest BCUT2D eigenvalue weighted by atomic mass is 16.2. The predicted octanol–water partition coefficient (Wildman–Crippen LogP) is 0.557. The van der Waals surface area contributed by atoms with E-state index >= 15 is 0 Å². The summed E-state index contributed by atoms with van der Waals surface area (Å²) in [4.78, 5) is 22.6. The Hall–Kier alpha value is -2.99. The Labute approximate surface area is 110 Å². The number of urea groups is 1. The van der Waals surface area contributed by atoms with Crippen LogP contribution in [0.15, 0.2) is 24.3 Å². The molecular formula is C13H12N4O2. The average molecular weight is 256 g/mol. The van der Waals surface area contributed by atoms with Gasteiger partial charge in [0.15, 0.2) is 0 Å². The first-order chi connectivity index (χ1) is 9.06. The number of primary amides is 1. The average Bonchev–Trinajstić information content (AvgIpc) is 2.39. The van der Waals surface area contributed by atoms with Crippen LogP contribution >= 0.6 is 0 Å². The number of benzene rings is 1. The van der Waals surface area contributed by atoms with E-state index in [2.05, 4.69) is 16.6 Å². The summed E-state index contributed by atoms with van der Waals surface area (Å²) in [5, 5.41) is 13.5. The van der Waals surface area contributed by atoms with E-state index in [0.29, 0.717) is 11.3 Å². The zero-order chi connectivity index (χ0) is 14.3. The maximum absolute atomic E-state index is 11.6. The Kier molecular flexibility index (Phi) is 4.94. The Morgan fingerprint density at radius 2 is 2.00 bits per heavy atom. The van der Waals surface area contributed by atoms with Crippen LogP contribution in [0.25, 0.3) is 0 Å². The van der Waals surface area contributed by atoms with Gasteiger partial charge in [-0.25, -0.2) is 4.79 Å². The molecule has 6 heteroatoms. The van der Waals surface area contributed by atoms with Gasteiger partial charge in [0.1, 0.15) is 6.04 Å². The van der Waals surface area contributed by atoms with Gasteiger partial charge in [-0.1, -0.05) is 0 Å². The summed E-state index contributed by atoms with van der Waals surface area (Å²) in [6, 6.07) is 6.70. The second kappa shape index (κ2) is 6.67. The van der Waals surface area contributed by atoms with Gasteiger partial charge in [0.25, 0.3) is 0 Å². The van der Waals surface area contributed by atoms with Crippen LogP contribution in [0.3, 0.4) is 0 Å². The minimum Gasteiger partial charge on any atom is -0.368 e. The molecule has 0 heterocycles. The molecule has 0 bridgehead atoms. The molecule has 0 saturated carbocycles. The first kappa shape index (κ1) is 14.1. The number of anilines is 1. The highest BCUT2D eigenvalue weighted by molar-refractivity contribution is 5.93. The van der Waals surface area contributed by atoms with Crippen molar-refractivity contribution in [2.75, 3.05) is 5.32 Å². The standard InChI is InChI=1S/C13H12N4O2/c1-2-3-11(12(15)18)17-13(19)16-10-6-4-9(8-14)5-7-10/h1,4-7,11H,3H2,(H2,15,18)(H2,16,17,19)/t11-/m0/s1. The highest BCUT2D eigenvalue weighted by Gasteiger charge is 2.16. The van der Waals surface area contributed by atoms with Crippen LogP contribution in [0.2, 0.25) is 0 Å². The maximum atomic E-state index is 11.6. The minimum atomic E-state index is -0.914. The number of nitriles is 1. The number of carbonyl (C=O) groups excluding carboxylic acids is 2. The van der Waals surface area contributed by atoms with Crippen molar-refractivity contribution < 1.29 is 9.59 Å². The van der Waals surface area contributed by atoms with Gasteiger partial charge in [-0.05, 0) is 24.3 Å². The van der Waals surface area contributed by atoms with Gasteiger partial charge in [-0.3, -0.25) is 4.79 Å². The first-order valence-electron chi connectivity index (χ1n) is 5.37. The maximum Gasteiger partial charge on any atom is 0.319 e. The molecule has 4 N–H and O–H groups in total. The van der Waals surface area contributed by atoms with Gasteiger partial charge in [0, 0.05) is 12.1 Å². The van der Waals surface area contributed by atoms with Gasteiger partial charge in [-0.2, -0.15) is 5.26 Å². The fourth-order valence-electron chi connectivity index (χ4n) is 1.29. The summed E-state index contributed by atoms with van der Waals surface area (Å²) < 4.78 is 0. The first-order valence-corrected chi connectivity index (χ1v) is 5.37. The topological polar surface area (TPSA) is 108 Å². The summed E-state index contributed by atoms with van der Waals surface area (Å²) in [5.41, 5.74) is 6.06. The van der Waals surface area contributed by atoms with Crippen LogP contribution < -0.4 is 16.4 Å². The van der Waals surface area contributed by atoms with E-state index in [4.69, 9.17) is 17.4 Å². The summed E-state index contributed by atoms with van der Waals surface area (Å²) in [6.07, 6.45) is 5.09. The fraction of sp³-hybridized carbons (Fsp3) is 0.154. The van der Waals surface area contributed by atoms with Crippen molar-refractivity contribution in [3.05, 3.63) is 29.8 Å². The second-order valence-electron chi connectivity index (χ2n) is 3.65. The molecule has 1 aromatic rings. The van der Waals surface area contributed by atoms with Crippen LogP contribution in [0.5, 0.6) is 0 Å². The Bertz CT molecular complexity index is 551. The third-order valence-electron chi connectivity index (χ3n) is 2.24. The van der Waals surface area contributed by atoms with E-state index in [9.17, 15) is 9.59 Å². The fourth-order valence-corrected chi connectivity index (χ4v) is 1.29. The van der Waals surface area contributed by atoms with Crippen LogP contribution in [0, 0.1) is 23.7 Å². The quantitative estimate of drug-likeness (QED) is 0.685. The molecule has 1 atom stereocenters. The van der Waals surface area contributed by atoms with Crippen molar-refractivity contribution in [1.29, 1.82) is 5.26 Å². The highest BCUT2D eigenvalue weighted by Crippen LogP contribution is 2.08. The van der Waals surface area contributed by atoms with Crippen molar-refractivity contribution in [2.45, 2.75) is 12.5 Å². The molecule has 0 fully saturated rings. The monoisotopic (exact) mass is 256 g/mol. The molecule has 3 amide bonds. The van der Waals surface area contributed by atoms with E-state index in [-0.39, 0.29) is 6.42 Å². The van der Waals surface area contributed by atoms with Crippen LogP contribution in [0.4, 0.5) is 10.5 Å². The van der Waals surface area contributed by atoms with E-state index in [1.165, 1.54) is 0 Å². The van der Waals surface area contributed by atoms with Crippen LogP contribution in [-0.4, -0.2) is 18.0 Å². The number of carbonyl (C=O) groups is 2. The molecule has 19 heavy (non-hydrogen) atoms. The SMILES string of the molecule is C#CC[C@H](NC(=O)Nc1ccc(C#N)cc1)C(N)=O. The van der Waals surface area contributed by atoms with Crippen LogP contribution in [0.1, 0.15) is 12.0 Å². The zero-order valence-electron chi connectivity index (χ0n) is 10.0. The normalized spacial score (nSPS) is 10.6. The molecule has 96 valence electrons. The van der Waals surface area contributed by atoms with Crippen molar-refractivity contribution in [3.63, 3.8) is 0 Å². The Morgan fingerprint density at radius 1 is 1.37 bits per heavy atom. The van der Waals surface area contributed by atoms with Crippen molar-refractivity contribution in [3.8, 4) is 18.4 Å². The molecule has 0 aliphatic rings. The molecule has 6 nitrogen and oxygen atoms in total. The van der Waals surface area contributed by atoms with E-state index < -0.39 is 18.0 Å². The number of nitrogens with zero attached hydrogens (tertiary/aromatic N) is 1. The number of rotatable bonds is 4. The van der Waals surface area contributed by atoms with Crippen molar-refractivity contribution in [2.24, 2.45) is 5.73 Å². The second-order valence-corrected chi connectivity index (χ2v) is 3.65. The summed E-state index contributed by atoms with van der Waals surface area (Å²) >= 11 is 0. The minimum absolute atomic E-state index is 0.0239. The van der Waals surface area contributed by atoms with Crippen molar-refractivity contribution in [1.82, 2.24) is 5.32 Å². The zero-order valence-corrected chi connectivity index (χ0v) is 10.0. The van der Waals surface area contributed by atoms with Gasteiger partial charge in [0.2, 0.25) is 5.91 Å². The molecular weight excluding hydrogens is 244 g/mol. The Morgan fingerprint density at radius 3 is 2.47 bits per heavy atom. The van der Waals surface area contributed by atoms with Gasteiger partial charge in [0.05, 0.1) is 11.6 Å². The lowest BCUT2D eigenvalue weighted by atomic mass is 10.2. The molecule has 0 saturated heterocycles. The molecule has 0 spiro atoms. The third-order valence-corrected chi connectivity index (χ3v) is 2.24. The summed E-state index contributed by atoms with van der Waals surface area (Å²) in [7, 11) is 0. The summed E-state index contributed by atoms with van der Waals surface area (Å²) in [5.74, 6) is 1.55. The van der Waals surface area contributed by atoms with Gasteiger partial charge >= 0.3 is 6.03 Å². The largest absolute Gasteiger partial charge is 0.368 e. The molecule has 1 aromatic carbocycles. The molecule has 0 aliphatic carbocycles. The third kappa shape index (κ3) is 4.41. The molecule has 0 radical (unpaired) electrons. The predicted molar refractivity (Wildman–Crippen MR) is 69.7 cm³/mol. The summed E-state index contributed by atoms with van der Waals surface area (Å²) in [6.45, 7) is 0. The number of nitrogens with two attached hydrogens (primary N) is 1. The molecule has 0 aromatic heterocycles. The van der Waals surface area contributed by atoms with Crippen LogP contribution in [-0.2, 0) is 4.79 Å². The number of nitrogens with one attached hydrogen (secondary N) is 2. The molecule has 1 rings (SSSR count). The van der Waals surface area contributed by atoms with Crippen molar-refractivity contribution >= 4 is 17.6 Å². The lowest BCUT2D eigenvalue weighted by molar-refractivity contribution is -0.119. The van der Waals surface area contributed by atoms with Gasteiger partial charge < -0.3 is 16.4 Å². The Balaban J connectivity index is 2.61. The number of amides is 3.